The van der Waals surface area contributed by atoms with Gasteiger partial charge in [-0.2, -0.15) is 5.26 Å². The molecular weight excluding hydrogens is 230 g/mol. The van der Waals surface area contributed by atoms with Crippen molar-refractivity contribution in [2.24, 2.45) is 5.92 Å². The fourth-order valence-corrected chi connectivity index (χ4v) is 1.85. The van der Waals surface area contributed by atoms with E-state index in [0.29, 0.717) is 6.61 Å². The monoisotopic (exact) mass is 237 g/mol. The van der Waals surface area contributed by atoms with Gasteiger partial charge in [0.1, 0.15) is 12.4 Å². The van der Waals surface area contributed by atoms with E-state index in [2.05, 4.69) is 22.0 Å². The molecule has 0 saturated carbocycles. The Hall–Kier alpha value is -1.01. The summed E-state index contributed by atoms with van der Waals surface area (Å²) in [6.45, 7) is 0.519. The average Bonchev–Trinajstić information content (AvgIpc) is 2.16. The number of halogens is 1. The van der Waals surface area contributed by atoms with Gasteiger partial charge >= 0.3 is 0 Å². The Morgan fingerprint density at radius 1 is 1.54 bits per heavy atom. The molecule has 1 unspecified atom stereocenters. The first-order valence-corrected chi connectivity index (χ1v) is 4.90. The third-order valence-electron chi connectivity index (χ3n) is 2.11. The summed E-state index contributed by atoms with van der Waals surface area (Å²) in [4.78, 5) is 0. The van der Waals surface area contributed by atoms with Gasteiger partial charge in [0.25, 0.3) is 0 Å². The fourth-order valence-electron chi connectivity index (χ4n) is 1.45. The molecule has 0 fully saturated rings. The van der Waals surface area contributed by atoms with Crippen LogP contribution < -0.4 is 4.74 Å². The van der Waals surface area contributed by atoms with Gasteiger partial charge in [-0.15, -0.1) is 0 Å². The van der Waals surface area contributed by atoms with Gasteiger partial charge in [0, 0.05) is 4.47 Å². The van der Waals surface area contributed by atoms with Crippen molar-refractivity contribution in [3.05, 3.63) is 28.2 Å². The smallest absolute Gasteiger partial charge is 0.122 e. The largest absolute Gasteiger partial charge is 0.492 e. The Morgan fingerprint density at radius 2 is 2.38 bits per heavy atom. The summed E-state index contributed by atoms with van der Waals surface area (Å²) in [7, 11) is 0. The second-order valence-corrected chi connectivity index (χ2v) is 4.01. The van der Waals surface area contributed by atoms with E-state index in [1.807, 2.05) is 18.2 Å². The molecule has 13 heavy (non-hydrogen) atoms. The van der Waals surface area contributed by atoms with Crippen LogP contribution in [0.1, 0.15) is 5.56 Å². The molecule has 1 aromatic carbocycles. The van der Waals surface area contributed by atoms with Crippen LogP contribution in [0.5, 0.6) is 5.75 Å². The maximum Gasteiger partial charge on any atom is 0.122 e. The van der Waals surface area contributed by atoms with Gasteiger partial charge < -0.3 is 4.74 Å². The first kappa shape index (κ1) is 8.58. The summed E-state index contributed by atoms with van der Waals surface area (Å²) in [6.07, 6.45) is 0.797. The molecule has 0 radical (unpaired) electrons. The van der Waals surface area contributed by atoms with E-state index in [4.69, 9.17) is 10.00 Å². The number of hydrogen-bond acceptors (Lipinski definition) is 2. The first-order valence-electron chi connectivity index (χ1n) is 4.10. The van der Waals surface area contributed by atoms with Crippen LogP contribution in [0.15, 0.2) is 22.7 Å². The highest BCUT2D eigenvalue weighted by Crippen LogP contribution is 2.29. The molecule has 1 aromatic rings. The molecule has 3 heteroatoms. The molecule has 0 N–H and O–H groups in total. The fraction of sp³-hybridized carbons (Fsp3) is 0.300. The third kappa shape index (κ3) is 1.68. The first-order chi connectivity index (χ1) is 6.29. The lowest BCUT2D eigenvalue weighted by molar-refractivity contribution is 0.253. The summed E-state index contributed by atoms with van der Waals surface area (Å²) in [5.41, 5.74) is 1.12. The van der Waals surface area contributed by atoms with Gasteiger partial charge in [0.2, 0.25) is 0 Å². The molecule has 1 aliphatic rings. The molecule has 0 amide bonds. The van der Waals surface area contributed by atoms with Gasteiger partial charge in [-0.3, -0.25) is 0 Å². The highest BCUT2D eigenvalue weighted by Gasteiger charge is 2.18. The Labute approximate surface area is 85.3 Å². The van der Waals surface area contributed by atoms with Crippen LogP contribution in [0.4, 0.5) is 0 Å². The summed E-state index contributed by atoms with van der Waals surface area (Å²) in [5, 5.41) is 8.74. The molecule has 2 rings (SSSR count). The molecule has 1 atom stereocenters. The zero-order chi connectivity index (χ0) is 9.26. The number of nitrogens with zero attached hydrogens (tertiary/aromatic N) is 1. The minimum atomic E-state index is 0.00167. The average molecular weight is 238 g/mol. The lowest BCUT2D eigenvalue weighted by Gasteiger charge is -2.20. The minimum Gasteiger partial charge on any atom is -0.492 e. The summed E-state index contributed by atoms with van der Waals surface area (Å²) in [6, 6.07) is 8.12. The van der Waals surface area contributed by atoms with Crippen molar-refractivity contribution in [2.45, 2.75) is 6.42 Å². The Morgan fingerprint density at radius 3 is 3.15 bits per heavy atom. The minimum absolute atomic E-state index is 0.00167. The number of fused-ring (bicyclic) bond motifs is 1. The maximum atomic E-state index is 8.74. The quantitative estimate of drug-likeness (QED) is 0.695. The molecule has 1 heterocycles. The van der Waals surface area contributed by atoms with Gasteiger partial charge in [0.05, 0.1) is 12.0 Å². The van der Waals surface area contributed by atoms with Crippen LogP contribution in [0.25, 0.3) is 0 Å². The second-order valence-electron chi connectivity index (χ2n) is 3.09. The van der Waals surface area contributed by atoms with E-state index in [-0.39, 0.29) is 5.92 Å². The maximum absolute atomic E-state index is 8.74. The predicted octanol–water partition coefficient (Wildman–Crippen LogP) is 2.52. The topological polar surface area (TPSA) is 33.0 Å². The van der Waals surface area contributed by atoms with Crippen LogP contribution in [0.3, 0.4) is 0 Å². The summed E-state index contributed by atoms with van der Waals surface area (Å²) in [5.74, 6) is 0.913. The van der Waals surface area contributed by atoms with Crippen molar-refractivity contribution in [1.29, 1.82) is 5.26 Å². The van der Waals surface area contributed by atoms with E-state index in [9.17, 15) is 0 Å². The van der Waals surface area contributed by atoms with Crippen LogP contribution in [0, 0.1) is 17.2 Å². The Bertz CT molecular complexity index is 370. The highest BCUT2D eigenvalue weighted by atomic mass is 79.9. The van der Waals surface area contributed by atoms with Crippen molar-refractivity contribution >= 4 is 15.9 Å². The highest BCUT2D eigenvalue weighted by molar-refractivity contribution is 9.10. The molecule has 1 aliphatic heterocycles. The molecule has 0 aliphatic carbocycles. The van der Waals surface area contributed by atoms with Crippen molar-refractivity contribution in [3.63, 3.8) is 0 Å². The van der Waals surface area contributed by atoms with E-state index in [1.165, 1.54) is 0 Å². The molecule has 0 spiro atoms. The van der Waals surface area contributed by atoms with Crippen LogP contribution >= 0.6 is 15.9 Å². The zero-order valence-electron chi connectivity index (χ0n) is 6.96. The van der Waals surface area contributed by atoms with Crippen molar-refractivity contribution in [1.82, 2.24) is 0 Å². The molecular formula is C10H8BrNO. The molecule has 0 aromatic heterocycles. The lowest BCUT2D eigenvalue weighted by atomic mass is 9.98. The van der Waals surface area contributed by atoms with Gasteiger partial charge in [-0.05, 0) is 30.2 Å². The van der Waals surface area contributed by atoms with E-state index < -0.39 is 0 Å². The van der Waals surface area contributed by atoms with Gasteiger partial charge in [-0.25, -0.2) is 0 Å². The van der Waals surface area contributed by atoms with Crippen LogP contribution in [-0.4, -0.2) is 6.61 Å². The zero-order valence-corrected chi connectivity index (χ0v) is 8.54. The molecule has 0 saturated heterocycles. The number of ether oxygens (including phenoxy) is 1. The van der Waals surface area contributed by atoms with E-state index >= 15 is 0 Å². The van der Waals surface area contributed by atoms with Gasteiger partial charge in [0.15, 0.2) is 0 Å². The normalized spacial score (nSPS) is 19.8. The van der Waals surface area contributed by atoms with Crippen molar-refractivity contribution < 1.29 is 4.74 Å². The standard InChI is InChI=1S/C10H8BrNO/c11-9-1-2-10-8(4-9)3-7(5-12)6-13-10/h1-2,4,7H,3,6H2. The molecule has 2 nitrogen and oxygen atoms in total. The van der Waals surface area contributed by atoms with E-state index in [1.54, 1.807) is 0 Å². The summed E-state index contributed by atoms with van der Waals surface area (Å²) < 4.78 is 6.47. The number of nitriles is 1. The number of benzene rings is 1. The Balaban J connectivity index is 2.34. The van der Waals surface area contributed by atoms with Crippen LogP contribution in [0.2, 0.25) is 0 Å². The van der Waals surface area contributed by atoms with Gasteiger partial charge in [-0.1, -0.05) is 15.9 Å². The second kappa shape index (κ2) is 3.39. The SMILES string of the molecule is N#CC1COc2ccc(Br)cc2C1. The van der Waals surface area contributed by atoms with E-state index in [0.717, 1.165) is 22.2 Å². The van der Waals surface area contributed by atoms with Crippen LogP contribution in [-0.2, 0) is 6.42 Å². The summed E-state index contributed by atoms with van der Waals surface area (Å²) >= 11 is 3.39. The molecule has 0 bridgehead atoms. The van der Waals surface area contributed by atoms with Crippen molar-refractivity contribution in [3.8, 4) is 11.8 Å². The molecule has 66 valence electrons. The number of rotatable bonds is 0. The van der Waals surface area contributed by atoms with Crippen molar-refractivity contribution in [2.75, 3.05) is 6.61 Å². The predicted molar refractivity (Wildman–Crippen MR) is 52.4 cm³/mol. The Kier molecular flexibility index (Phi) is 2.24. The lowest BCUT2D eigenvalue weighted by Crippen LogP contribution is -2.19. The third-order valence-corrected chi connectivity index (χ3v) is 2.60. The number of hydrogen-bond donors (Lipinski definition) is 0.